The van der Waals surface area contributed by atoms with Gasteiger partial charge >= 0.3 is 6.18 Å². The summed E-state index contributed by atoms with van der Waals surface area (Å²) in [4.78, 5) is 14.1. The Labute approximate surface area is 122 Å². The number of hydrogen-bond acceptors (Lipinski definition) is 2. The molecule has 2 rings (SSSR count). The fourth-order valence-electron chi connectivity index (χ4n) is 2.76. The number of carbonyl (C=O) groups is 1. The summed E-state index contributed by atoms with van der Waals surface area (Å²) < 4.78 is 38.5. The van der Waals surface area contributed by atoms with Gasteiger partial charge in [0.25, 0.3) is 5.91 Å². The molecule has 1 N–H and O–H groups in total. The third kappa shape index (κ3) is 3.31. The molecule has 1 saturated carbocycles. The summed E-state index contributed by atoms with van der Waals surface area (Å²) in [7, 11) is 3.26. The second-order valence-corrected chi connectivity index (χ2v) is 5.36. The first kappa shape index (κ1) is 15.7. The predicted molar refractivity (Wildman–Crippen MR) is 75.3 cm³/mol. The van der Waals surface area contributed by atoms with E-state index in [1.807, 2.05) is 0 Å². The van der Waals surface area contributed by atoms with Gasteiger partial charge in [0.1, 0.15) is 0 Å². The topological polar surface area (TPSA) is 32.3 Å². The average Bonchev–Trinajstić information content (AvgIpc) is 2.98. The minimum atomic E-state index is -4.45. The van der Waals surface area contributed by atoms with Crippen LogP contribution in [0.2, 0.25) is 0 Å². The molecule has 21 heavy (non-hydrogen) atoms. The van der Waals surface area contributed by atoms with Crippen molar-refractivity contribution in [2.24, 2.45) is 0 Å². The van der Waals surface area contributed by atoms with E-state index in [-0.39, 0.29) is 17.5 Å². The Bertz CT molecular complexity index is 522. The molecule has 3 nitrogen and oxygen atoms in total. The number of amides is 1. The van der Waals surface area contributed by atoms with Gasteiger partial charge in [0, 0.05) is 25.8 Å². The number of nitrogens with one attached hydrogen (secondary N) is 1. The van der Waals surface area contributed by atoms with Gasteiger partial charge in [-0.3, -0.25) is 4.79 Å². The van der Waals surface area contributed by atoms with Crippen molar-refractivity contribution >= 4 is 11.6 Å². The quantitative estimate of drug-likeness (QED) is 0.921. The van der Waals surface area contributed by atoms with Crippen LogP contribution in [0.5, 0.6) is 0 Å². The molecule has 1 aliphatic carbocycles. The smallest absolute Gasteiger partial charge is 0.387 e. The minimum Gasteiger partial charge on any atom is -0.387 e. The molecule has 0 unspecified atom stereocenters. The summed E-state index contributed by atoms with van der Waals surface area (Å²) in [5.41, 5.74) is -0.316. The first-order valence-electron chi connectivity index (χ1n) is 7.00. The lowest BCUT2D eigenvalue weighted by atomic mass is 10.1. The molecule has 0 saturated heterocycles. The first-order chi connectivity index (χ1) is 9.84. The largest absolute Gasteiger partial charge is 0.416 e. The molecular weight excluding hydrogens is 281 g/mol. The number of carbonyl (C=O) groups excluding carboxylic acids is 1. The lowest BCUT2D eigenvalue weighted by Gasteiger charge is -2.25. The molecular formula is C15H19F3N2O. The maximum absolute atomic E-state index is 12.8. The molecule has 0 atom stereocenters. The Morgan fingerprint density at radius 2 is 1.90 bits per heavy atom. The minimum absolute atomic E-state index is 0.0710. The number of halogens is 3. The maximum Gasteiger partial charge on any atom is 0.416 e. The number of alkyl halides is 3. The fraction of sp³-hybridized carbons (Fsp3) is 0.533. The molecule has 1 amide bonds. The number of nitrogens with zero attached hydrogens (tertiary/aromatic N) is 1. The fourth-order valence-corrected chi connectivity index (χ4v) is 2.76. The Kier molecular flexibility index (Phi) is 4.44. The van der Waals surface area contributed by atoms with Gasteiger partial charge in [-0.15, -0.1) is 0 Å². The van der Waals surface area contributed by atoms with Crippen LogP contribution in [0, 0.1) is 0 Å². The zero-order valence-corrected chi connectivity index (χ0v) is 12.1. The second-order valence-electron chi connectivity index (χ2n) is 5.36. The summed E-state index contributed by atoms with van der Waals surface area (Å²) >= 11 is 0. The molecule has 0 aliphatic heterocycles. The van der Waals surface area contributed by atoms with E-state index < -0.39 is 11.7 Å². The van der Waals surface area contributed by atoms with Crippen LogP contribution in [0.1, 0.15) is 41.6 Å². The summed E-state index contributed by atoms with van der Waals surface area (Å²) in [6, 6.07) is 3.34. The molecule has 6 heteroatoms. The standard InChI is InChI=1S/C15H19F3N2O/c1-19-13-8-7-10(15(16,17)18)9-12(13)14(21)20(2)11-5-3-4-6-11/h7-9,11,19H,3-6H2,1-2H3. The van der Waals surface area contributed by atoms with Crippen LogP contribution >= 0.6 is 0 Å². The monoisotopic (exact) mass is 300 g/mol. The summed E-state index contributed by atoms with van der Waals surface area (Å²) in [5.74, 6) is -0.364. The summed E-state index contributed by atoms with van der Waals surface area (Å²) in [6.07, 6.45) is -0.507. The second kappa shape index (κ2) is 5.95. The van der Waals surface area contributed by atoms with Crippen LogP contribution in [-0.4, -0.2) is 30.9 Å². The van der Waals surface area contributed by atoms with E-state index in [0.29, 0.717) is 5.69 Å². The number of hydrogen-bond donors (Lipinski definition) is 1. The van der Waals surface area contributed by atoms with Crippen LogP contribution in [0.4, 0.5) is 18.9 Å². The Hall–Kier alpha value is -1.72. The van der Waals surface area contributed by atoms with Crippen LogP contribution in [0.15, 0.2) is 18.2 Å². The average molecular weight is 300 g/mol. The van der Waals surface area contributed by atoms with Crippen molar-refractivity contribution in [3.8, 4) is 0 Å². The van der Waals surface area contributed by atoms with E-state index in [1.54, 1.807) is 19.0 Å². The molecule has 0 aromatic heterocycles. The normalized spacial score (nSPS) is 16.0. The zero-order valence-electron chi connectivity index (χ0n) is 12.1. The number of rotatable bonds is 3. The number of anilines is 1. The van der Waals surface area contributed by atoms with Crippen molar-refractivity contribution in [1.82, 2.24) is 4.90 Å². The van der Waals surface area contributed by atoms with Crippen LogP contribution in [0.3, 0.4) is 0 Å². The predicted octanol–water partition coefficient (Wildman–Crippen LogP) is 3.76. The molecule has 0 heterocycles. The highest BCUT2D eigenvalue weighted by Gasteiger charge is 2.33. The van der Waals surface area contributed by atoms with E-state index in [2.05, 4.69) is 5.32 Å². The molecule has 1 fully saturated rings. The number of benzene rings is 1. The van der Waals surface area contributed by atoms with Crippen molar-refractivity contribution < 1.29 is 18.0 Å². The van der Waals surface area contributed by atoms with Crippen molar-refractivity contribution in [3.05, 3.63) is 29.3 Å². The van der Waals surface area contributed by atoms with Crippen LogP contribution in [0.25, 0.3) is 0 Å². The van der Waals surface area contributed by atoms with Crippen molar-refractivity contribution in [3.63, 3.8) is 0 Å². The Balaban J connectivity index is 2.33. The third-order valence-electron chi connectivity index (χ3n) is 4.04. The van der Waals surface area contributed by atoms with Gasteiger partial charge in [0.2, 0.25) is 0 Å². The van der Waals surface area contributed by atoms with E-state index in [1.165, 1.54) is 6.07 Å². The summed E-state index contributed by atoms with van der Waals surface area (Å²) in [5, 5.41) is 2.79. The highest BCUT2D eigenvalue weighted by Crippen LogP contribution is 2.33. The van der Waals surface area contributed by atoms with Crippen molar-refractivity contribution in [2.75, 3.05) is 19.4 Å². The third-order valence-corrected chi connectivity index (χ3v) is 4.04. The van der Waals surface area contributed by atoms with Gasteiger partial charge in [-0.2, -0.15) is 13.2 Å². The van der Waals surface area contributed by atoms with Gasteiger partial charge in [0.05, 0.1) is 11.1 Å². The molecule has 0 spiro atoms. The first-order valence-corrected chi connectivity index (χ1v) is 7.00. The van der Waals surface area contributed by atoms with Crippen LogP contribution in [-0.2, 0) is 6.18 Å². The lowest BCUT2D eigenvalue weighted by Crippen LogP contribution is -2.35. The SMILES string of the molecule is CNc1ccc(C(F)(F)F)cc1C(=O)N(C)C1CCCC1. The molecule has 1 aromatic carbocycles. The van der Waals surface area contributed by atoms with Gasteiger partial charge in [-0.05, 0) is 31.0 Å². The van der Waals surface area contributed by atoms with Crippen molar-refractivity contribution in [2.45, 2.75) is 37.9 Å². The van der Waals surface area contributed by atoms with E-state index >= 15 is 0 Å². The molecule has 1 aliphatic rings. The van der Waals surface area contributed by atoms with Gasteiger partial charge in [0.15, 0.2) is 0 Å². The Morgan fingerprint density at radius 1 is 1.29 bits per heavy atom. The summed E-state index contributed by atoms with van der Waals surface area (Å²) in [6.45, 7) is 0. The zero-order chi connectivity index (χ0) is 15.6. The highest BCUT2D eigenvalue weighted by atomic mass is 19.4. The molecule has 0 radical (unpaired) electrons. The molecule has 116 valence electrons. The van der Waals surface area contributed by atoms with Gasteiger partial charge < -0.3 is 10.2 Å². The Morgan fingerprint density at radius 3 is 2.43 bits per heavy atom. The van der Waals surface area contributed by atoms with E-state index in [0.717, 1.165) is 37.8 Å². The molecule has 0 bridgehead atoms. The maximum atomic E-state index is 12.8. The highest BCUT2D eigenvalue weighted by molar-refractivity contribution is 5.99. The van der Waals surface area contributed by atoms with Gasteiger partial charge in [-0.25, -0.2) is 0 Å². The lowest BCUT2D eigenvalue weighted by molar-refractivity contribution is -0.137. The van der Waals surface area contributed by atoms with Crippen LogP contribution < -0.4 is 5.32 Å². The van der Waals surface area contributed by atoms with E-state index in [9.17, 15) is 18.0 Å². The van der Waals surface area contributed by atoms with E-state index in [4.69, 9.17) is 0 Å². The van der Waals surface area contributed by atoms with Gasteiger partial charge in [-0.1, -0.05) is 12.8 Å². The molecule has 1 aromatic rings. The van der Waals surface area contributed by atoms with Crippen molar-refractivity contribution in [1.29, 1.82) is 0 Å².